The van der Waals surface area contributed by atoms with Gasteiger partial charge in [-0.3, -0.25) is 4.79 Å². The molecule has 112 valence electrons. The molecule has 0 unspecified atom stereocenters. The summed E-state index contributed by atoms with van der Waals surface area (Å²) in [6.07, 6.45) is 0. The lowest BCUT2D eigenvalue weighted by Crippen LogP contribution is -2.12. The smallest absolute Gasteiger partial charge is 0.267 e. The van der Waals surface area contributed by atoms with Crippen LogP contribution in [0.4, 0.5) is 0 Å². The summed E-state index contributed by atoms with van der Waals surface area (Å²) in [5.41, 5.74) is 2.33. The molecule has 23 heavy (non-hydrogen) atoms. The fraction of sp³-hybridized carbons (Fsp3) is 0. The van der Waals surface area contributed by atoms with Crippen molar-refractivity contribution in [1.82, 2.24) is 8.94 Å². The quantitative estimate of drug-likeness (QED) is 0.493. The third-order valence-electron chi connectivity index (χ3n) is 3.60. The van der Waals surface area contributed by atoms with E-state index in [0.717, 1.165) is 16.0 Å². The van der Waals surface area contributed by atoms with Crippen LogP contribution in [0.2, 0.25) is 5.15 Å². The van der Waals surface area contributed by atoms with Gasteiger partial charge in [-0.25, -0.2) is 8.94 Å². The predicted octanol–water partition coefficient (Wildman–Crippen LogP) is 4.77. The average Bonchev–Trinajstić information content (AvgIpc) is 2.93. The van der Waals surface area contributed by atoms with Crippen molar-refractivity contribution in [2.75, 3.05) is 0 Å². The van der Waals surface area contributed by atoms with Gasteiger partial charge in [-0.05, 0) is 24.3 Å². The van der Waals surface area contributed by atoms with Crippen LogP contribution in [0, 0.1) is 0 Å². The van der Waals surface area contributed by atoms with Crippen LogP contribution in [0.25, 0.3) is 27.0 Å². The Labute approximate surface area is 141 Å². The highest BCUT2D eigenvalue weighted by molar-refractivity contribution is 7.14. The number of rotatable bonds is 2. The Kier molecular flexibility index (Phi) is 3.48. The number of hydrogen-bond acceptors (Lipinski definition) is 3. The van der Waals surface area contributed by atoms with Crippen molar-refractivity contribution in [3.05, 3.63) is 82.2 Å². The molecule has 0 aliphatic carbocycles. The maximum absolute atomic E-state index is 12.7. The van der Waals surface area contributed by atoms with E-state index in [1.165, 1.54) is 11.5 Å². The fourth-order valence-electron chi connectivity index (χ4n) is 2.53. The van der Waals surface area contributed by atoms with Crippen molar-refractivity contribution < 1.29 is 0 Å². The highest BCUT2D eigenvalue weighted by atomic mass is 35.5. The molecule has 0 aliphatic rings. The minimum absolute atomic E-state index is 0.0353. The van der Waals surface area contributed by atoms with E-state index < -0.39 is 0 Å². The third kappa shape index (κ3) is 2.46. The molecule has 2 aromatic carbocycles. The van der Waals surface area contributed by atoms with Gasteiger partial charge >= 0.3 is 0 Å². The third-order valence-corrected chi connectivity index (χ3v) is 4.91. The van der Waals surface area contributed by atoms with E-state index in [1.54, 1.807) is 10.0 Å². The van der Waals surface area contributed by atoms with Gasteiger partial charge in [-0.2, -0.15) is 0 Å². The molecule has 0 amide bonds. The summed E-state index contributed by atoms with van der Waals surface area (Å²) >= 11 is 7.49. The Morgan fingerprint density at radius 2 is 1.65 bits per heavy atom. The second-order valence-electron chi connectivity index (χ2n) is 5.05. The molecular weight excluding hydrogens is 328 g/mol. The Morgan fingerprint density at radius 1 is 0.913 bits per heavy atom. The van der Waals surface area contributed by atoms with E-state index in [-0.39, 0.29) is 5.56 Å². The summed E-state index contributed by atoms with van der Waals surface area (Å²) < 4.78 is 2.63. The van der Waals surface area contributed by atoms with Crippen LogP contribution in [0.15, 0.2) is 71.5 Å². The van der Waals surface area contributed by atoms with E-state index >= 15 is 0 Å². The zero-order valence-corrected chi connectivity index (χ0v) is 13.5. The standard InChI is InChI=1S/C18H11ClN2OS/c19-16-11-10-14(17(20-16)12-6-2-1-3-7-12)21-18(22)13-8-4-5-9-15(13)23-21/h1-11H. The topological polar surface area (TPSA) is 34.9 Å². The minimum atomic E-state index is -0.0353. The Bertz CT molecular complexity index is 1050. The fourth-order valence-corrected chi connectivity index (χ4v) is 3.70. The minimum Gasteiger partial charge on any atom is -0.267 e. The van der Waals surface area contributed by atoms with Gasteiger partial charge in [0.05, 0.1) is 21.5 Å². The number of halogens is 1. The van der Waals surface area contributed by atoms with Gasteiger partial charge in [0.25, 0.3) is 5.56 Å². The van der Waals surface area contributed by atoms with Gasteiger partial charge in [0, 0.05) is 5.56 Å². The molecule has 0 aliphatic heterocycles. The number of pyridine rings is 1. The van der Waals surface area contributed by atoms with Crippen LogP contribution in [-0.4, -0.2) is 8.94 Å². The molecule has 0 N–H and O–H groups in total. The van der Waals surface area contributed by atoms with Crippen molar-refractivity contribution in [2.24, 2.45) is 0 Å². The monoisotopic (exact) mass is 338 g/mol. The van der Waals surface area contributed by atoms with Gasteiger partial charge in [-0.1, -0.05) is 65.6 Å². The molecule has 2 aromatic heterocycles. The van der Waals surface area contributed by atoms with Gasteiger partial charge in [0.2, 0.25) is 0 Å². The molecule has 4 aromatic rings. The van der Waals surface area contributed by atoms with Crippen LogP contribution in [0.3, 0.4) is 0 Å². The lowest BCUT2D eigenvalue weighted by atomic mass is 10.1. The van der Waals surface area contributed by atoms with Crippen LogP contribution < -0.4 is 5.56 Å². The molecule has 0 saturated carbocycles. The van der Waals surface area contributed by atoms with Crippen molar-refractivity contribution >= 4 is 33.2 Å². The number of nitrogens with zero attached hydrogens (tertiary/aromatic N) is 2. The molecule has 0 spiro atoms. The summed E-state index contributed by atoms with van der Waals surface area (Å²) in [6.45, 7) is 0. The number of benzene rings is 2. The molecule has 3 nitrogen and oxygen atoms in total. The summed E-state index contributed by atoms with van der Waals surface area (Å²) in [5.74, 6) is 0. The summed E-state index contributed by atoms with van der Waals surface area (Å²) in [7, 11) is 0. The lowest BCUT2D eigenvalue weighted by Gasteiger charge is -2.08. The predicted molar refractivity (Wildman–Crippen MR) is 95.7 cm³/mol. The normalized spacial score (nSPS) is 11.0. The molecule has 2 heterocycles. The van der Waals surface area contributed by atoms with E-state index in [4.69, 9.17) is 11.6 Å². The van der Waals surface area contributed by atoms with Crippen LogP contribution in [0.5, 0.6) is 0 Å². The molecule has 5 heteroatoms. The Morgan fingerprint density at radius 3 is 2.43 bits per heavy atom. The second kappa shape index (κ2) is 5.65. The van der Waals surface area contributed by atoms with Crippen molar-refractivity contribution in [3.8, 4) is 16.9 Å². The maximum Gasteiger partial charge on any atom is 0.273 e. The lowest BCUT2D eigenvalue weighted by molar-refractivity contribution is 1.12. The molecule has 0 saturated heterocycles. The van der Waals surface area contributed by atoms with Crippen molar-refractivity contribution in [3.63, 3.8) is 0 Å². The van der Waals surface area contributed by atoms with E-state index in [2.05, 4.69) is 4.98 Å². The first-order chi connectivity index (χ1) is 11.2. The highest BCUT2D eigenvalue weighted by Gasteiger charge is 2.14. The SMILES string of the molecule is O=c1c2ccccc2sn1-c1ccc(Cl)nc1-c1ccccc1. The number of fused-ring (bicyclic) bond motifs is 1. The maximum atomic E-state index is 12.7. The molecular formula is C18H11ClN2OS. The Hall–Kier alpha value is -2.43. The van der Waals surface area contributed by atoms with E-state index in [0.29, 0.717) is 16.2 Å². The second-order valence-corrected chi connectivity index (χ2v) is 6.43. The molecule has 0 bridgehead atoms. The van der Waals surface area contributed by atoms with Gasteiger partial charge in [-0.15, -0.1) is 0 Å². The summed E-state index contributed by atoms with van der Waals surface area (Å²) in [4.78, 5) is 17.2. The first-order valence-electron chi connectivity index (χ1n) is 7.07. The molecule has 0 radical (unpaired) electrons. The summed E-state index contributed by atoms with van der Waals surface area (Å²) in [6, 6.07) is 20.9. The van der Waals surface area contributed by atoms with Gasteiger partial charge in [0.15, 0.2) is 0 Å². The van der Waals surface area contributed by atoms with Gasteiger partial charge < -0.3 is 0 Å². The first kappa shape index (κ1) is 14.2. The molecule has 0 atom stereocenters. The molecule has 4 rings (SSSR count). The van der Waals surface area contributed by atoms with Crippen LogP contribution in [-0.2, 0) is 0 Å². The number of hydrogen-bond donors (Lipinski definition) is 0. The number of aromatic nitrogens is 2. The van der Waals surface area contributed by atoms with Crippen LogP contribution in [0.1, 0.15) is 0 Å². The Balaban J connectivity index is 2.02. The average molecular weight is 339 g/mol. The van der Waals surface area contributed by atoms with Gasteiger partial charge in [0.1, 0.15) is 5.15 Å². The van der Waals surface area contributed by atoms with Crippen molar-refractivity contribution in [1.29, 1.82) is 0 Å². The highest BCUT2D eigenvalue weighted by Crippen LogP contribution is 2.28. The molecule has 0 fully saturated rings. The zero-order valence-electron chi connectivity index (χ0n) is 11.9. The largest absolute Gasteiger partial charge is 0.273 e. The summed E-state index contributed by atoms with van der Waals surface area (Å²) in [5, 5.41) is 1.12. The zero-order chi connectivity index (χ0) is 15.8. The van der Waals surface area contributed by atoms with Crippen molar-refractivity contribution in [2.45, 2.75) is 0 Å². The van der Waals surface area contributed by atoms with E-state index in [9.17, 15) is 4.79 Å². The van der Waals surface area contributed by atoms with E-state index in [1.807, 2.05) is 60.7 Å². The van der Waals surface area contributed by atoms with Crippen LogP contribution >= 0.6 is 23.1 Å². The first-order valence-corrected chi connectivity index (χ1v) is 8.22.